The first-order valence-electron chi connectivity index (χ1n) is 4.82. The number of nitrogens with two attached hydrogens (primary N) is 1. The minimum absolute atomic E-state index is 0.00395. The lowest BCUT2D eigenvalue weighted by Gasteiger charge is -2.13. The average molecular weight is 256 g/mol. The van der Waals surface area contributed by atoms with Crippen molar-refractivity contribution in [3.05, 3.63) is 41.7 Å². The second-order valence-electron chi connectivity index (χ2n) is 3.41. The Bertz CT molecular complexity index is 426. The second kappa shape index (κ2) is 6.27. The maximum Gasteiger partial charge on any atom is 0.151 e. The smallest absolute Gasteiger partial charge is 0.151 e. The molecule has 1 unspecified atom stereocenters. The molecule has 1 aromatic rings. The van der Waals surface area contributed by atoms with E-state index in [9.17, 15) is 13.8 Å². The molecule has 17 heavy (non-hydrogen) atoms. The van der Waals surface area contributed by atoms with Gasteiger partial charge in [0.05, 0.1) is 29.0 Å². The van der Waals surface area contributed by atoms with Gasteiger partial charge in [-0.15, -0.1) is 0 Å². The molecular formula is C11H13FN2O2S. The summed E-state index contributed by atoms with van der Waals surface area (Å²) in [7, 11) is 0. The van der Waals surface area contributed by atoms with E-state index in [-0.39, 0.29) is 35.0 Å². The summed E-state index contributed by atoms with van der Waals surface area (Å²) in [6.07, 6.45) is -0.291. The molecule has 0 aliphatic carbocycles. The van der Waals surface area contributed by atoms with Crippen LogP contribution in [0.2, 0.25) is 0 Å². The van der Waals surface area contributed by atoms with Gasteiger partial charge >= 0.3 is 0 Å². The summed E-state index contributed by atoms with van der Waals surface area (Å²) in [4.78, 5) is 10.9. The molecule has 0 spiro atoms. The third kappa shape index (κ3) is 3.76. The highest BCUT2D eigenvalue weighted by Crippen LogP contribution is 2.25. The van der Waals surface area contributed by atoms with Crippen LogP contribution in [0.25, 0.3) is 0 Å². The molecule has 6 heteroatoms. The van der Waals surface area contributed by atoms with Gasteiger partial charge in [-0.1, -0.05) is 12.6 Å². The number of halogens is 1. The minimum atomic E-state index is -0.840. The van der Waals surface area contributed by atoms with Gasteiger partial charge in [0, 0.05) is 12.1 Å². The standard InChI is InChI=1S/C11H13FN2O2S/c1-7(13)14-5-10(16)8-2-3-11(17-12)9(4-8)6-15/h2-4,6,10,14,16H,1,5,13H2. The number of aldehydes is 1. The number of hydrogen-bond acceptors (Lipinski definition) is 5. The molecule has 1 rings (SSSR count). The summed E-state index contributed by atoms with van der Waals surface area (Å²) in [6, 6.07) is 4.45. The Labute approximate surface area is 103 Å². The molecule has 0 saturated carbocycles. The number of nitrogens with one attached hydrogen (secondary N) is 1. The Morgan fingerprint density at radius 3 is 2.94 bits per heavy atom. The average Bonchev–Trinajstić information content (AvgIpc) is 2.34. The van der Waals surface area contributed by atoms with Crippen molar-refractivity contribution in [1.29, 1.82) is 0 Å². The molecule has 0 bridgehead atoms. The Morgan fingerprint density at radius 1 is 1.71 bits per heavy atom. The van der Waals surface area contributed by atoms with Crippen molar-refractivity contribution in [3.8, 4) is 0 Å². The van der Waals surface area contributed by atoms with Gasteiger partial charge in [-0.25, -0.2) is 0 Å². The van der Waals surface area contributed by atoms with Crippen LogP contribution in [-0.4, -0.2) is 17.9 Å². The van der Waals surface area contributed by atoms with Crippen LogP contribution in [0.5, 0.6) is 0 Å². The topological polar surface area (TPSA) is 75.3 Å². The van der Waals surface area contributed by atoms with Gasteiger partial charge in [0.25, 0.3) is 0 Å². The fourth-order valence-electron chi connectivity index (χ4n) is 1.28. The van der Waals surface area contributed by atoms with Crippen LogP contribution < -0.4 is 11.1 Å². The summed E-state index contributed by atoms with van der Waals surface area (Å²) in [5, 5.41) is 12.5. The molecule has 0 radical (unpaired) electrons. The maximum atomic E-state index is 12.4. The molecule has 0 heterocycles. The van der Waals surface area contributed by atoms with E-state index in [0.717, 1.165) is 0 Å². The lowest BCUT2D eigenvalue weighted by atomic mass is 10.1. The van der Waals surface area contributed by atoms with Crippen LogP contribution >= 0.6 is 12.1 Å². The van der Waals surface area contributed by atoms with E-state index < -0.39 is 6.10 Å². The van der Waals surface area contributed by atoms with Gasteiger partial charge in [0.1, 0.15) is 0 Å². The molecule has 0 aliphatic heterocycles. The number of aliphatic hydroxyl groups is 1. The molecule has 0 aliphatic rings. The quantitative estimate of drug-likeness (QED) is 0.673. The number of carbonyl (C=O) groups excluding carboxylic acids is 1. The van der Waals surface area contributed by atoms with Crippen LogP contribution in [-0.2, 0) is 0 Å². The molecule has 4 nitrogen and oxygen atoms in total. The van der Waals surface area contributed by atoms with E-state index >= 15 is 0 Å². The maximum absolute atomic E-state index is 12.4. The molecular weight excluding hydrogens is 243 g/mol. The van der Waals surface area contributed by atoms with Gasteiger partial charge < -0.3 is 16.2 Å². The zero-order chi connectivity index (χ0) is 12.8. The van der Waals surface area contributed by atoms with Crippen LogP contribution in [0.1, 0.15) is 22.0 Å². The van der Waals surface area contributed by atoms with Gasteiger partial charge in [-0.3, -0.25) is 4.79 Å². The largest absolute Gasteiger partial charge is 0.387 e. The van der Waals surface area contributed by atoms with Gasteiger partial charge in [0.15, 0.2) is 6.29 Å². The van der Waals surface area contributed by atoms with Crippen molar-refractivity contribution in [2.75, 3.05) is 6.54 Å². The van der Waals surface area contributed by atoms with Crippen LogP contribution in [0.4, 0.5) is 3.89 Å². The van der Waals surface area contributed by atoms with Gasteiger partial charge in [-0.2, -0.15) is 3.89 Å². The first kappa shape index (κ1) is 13.5. The van der Waals surface area contributed by atoms with Crippen molar-refractivity contribution in [1.82, 2.24) is 5.32 Å². The lowest BCUT2D eigenvalue weighted by molar-refractivity contribution is 0.112. The van der Waals surface area contributed by atoms with Crippen molar-refractivity contribution in [3.63, 3.8) is 0 Å². The number of carbonyl (C=O) groups is 1. The molecule has 0 aromatic heterocycles. The monoisotopic (exact) mass is 256 g/mol. The molecule has 0 amide bonds. The third-order valence-corrected chi connectivity index (χ3v) is 2.69. The predicted octanol–water partition coefficient (Wildman–Crippen LogP) is 1.53. The predicted molar refractivity (Wildman–Crippen MR) is 65.1 cm³/mol. The summed E-state index contributed by atoms with van der Waals surface area (Å²) in [6.45, 7) is 3.60. The third-order valence-electron chi connectivity index (χ3n) is 2.15. The fraction of sp³-hybridized carbons (Fsp3) is 0.182. The van der Waals surface area contributed by atoms with Gasteiger partial charge in [0.2, 0.25) is 0 Å². The molecule has 0 saturated heterocycles. The zero-order valence-corrected chi connectivity index (χ0v) is 9.84. The highest BCUT2D eigenvalue weighted by atomic mass is 32.2. The Kier molecular flexibility index (Phi) is 4.99. The van der Waals surface area contributed by atoms with Crippen LogP contribution in [0.3, 0.4) is 0 Å². The Hall–Kier alpha value is -1.53. The molecule has 92 valence electrons. The molecule has 4 N–H and O–H groups in total. The van der Waals surface area contributed by atoms with Crippen LogP contribution in [0, 0.1) is 0 Å². The minimum Gasteiger partial charge on any atom is -0.387 e. The summed E-state index contributed by atoms with van der Waals surface area (Å²) in [5.74, 6) is 0.246. The molecule has 0 fully saturated rings. The van der Waals surface area contributed by atoms with Crippen molar-refractivity contribution < 1.29 is 13.8 Å². The van der Waals surface area contributed by atoms with E-state index in [4.69, 9.17) is 5.73 Å². The number of rotatable bonds is 6. The SMILES string of the molecule is C=C(N)NCC(O)c1ccc(SF)c(C=O)c1. The highest BCUT2D eigenvalue weighted by molar-refractivity contribution is 7.94. The lowest BCUT2D eigenvalue weighted by Crippen LogP contribution is -2.24. The van der Waals surface area contributed by atoms with Crippen molar-refractivity contribution >= 4 is 18.4 Å². The highest BCUT2D eigenvalue weighted by Gasteiger charge is 2.10. The Morgan fingerprint density at radius 2 is 2.41 bits per heavy atom. The molecule has 1 atom stereocenters. The van der Waals surface area contributed by atoms with Crippen molar-refractivity contribution in [2.45, 2.75) is 11.0 Å². The second-order valence-corrected chi connectivity index (χ2v) is 4.01. The van der Waals surface area contributed by atoms with E-state index in [1.54, 1.807) is 6.07 Å². The number of aliphatic hydroxyl groups excluding tert-OH is 1. The van der Waals surface area contributed by atoms with E-state index in [1.165, 1.54) is 12.1 Å². The number of benzene rings is 1. The zero-order valence-electron chi connectivity index (χ0n) is 9.02. The van der Waals surface area contributed by atoms with Crippen molar-refractivity contribution in [2.24, 2.45) is 5.73 Å². The molecule has 1 aromatic carbocycles. The fourth-order valence-corrected chi connectivity index (χ4v) is 1.60. The summed E-state index contributed by atoms with van der Waals surface area (Å²) < 4.78 is 12.4. The Balaban J connectivity index is 2.84. The van der Waals surface area contributed by atoms with E-state index in [1.807, 2.05) is 0 Å². The van der Waals surface area contributed by atoms with Crippen LogP contribution in [0.15, 0.2) is 35.5 Å². The van der Waals surface area contributed by atoms with E-state index in [2.05, 4.69) is 11.9 Å². The van der Waals surface area contributed by atoms with E-state index in [0.29, 0.717) is 11.8 Å². The first-order valence-corrected chi connectivity index (χ1v) is 5.54. The number of hydrogen-bond donors (Lipinski definition) is 3. The summed E-state index contributed by atoms with van der Waals surface area (Å²) in [5.41, 5.74) is 6.02. The van der Waals surface area contributed by atoms with Gasteiger partial charge in [-0.05, 0) is 17.7 Å². The summed E-state index contributed by atoms with van der Waals surface area (Å²) >= 11 is -0.00395. The first-order chi connectivity index (χ1) is 8.08. The normalized spacial score (nSPS) is 11.9.